The summed E-state index contributed by atoms with van der Waals surface area (Å²) >= 11 is 0. The number of aliphatic hydroxyl groups is 1. The molecule has 0 spiro atoms. The van der Waals surface area contributed by atoms with E-state index in [4.69, 9.17) is 4.74 Å². The molecule has 0 heterocycles. The van der Waals surface area contributed by atoms with Crippen molar-refractivity contribution in [3.05, 3.63) is 65.5 Å². The molecule has 1 fully saturated rings. The van der Waals surface area contributed by atoms with E-state index in [1.165, 1.54) is 6.07 Å². The minimum Gasteiger partial charge on any atom is -0.490 e. The lowest BCUT2D eigenvalue weighted by molar-refractivity contribution is 0.177. The highest BCUT2D eigenvalue weighted by atomic mass is 19.1. The molecule has 1 N–H and O–H groups in total. The van der Waals surface area contributed by atoms with Crippen LogP contribution in [0.5, 0.6) is 5.75 Å². The van der Waals surface area contributed by atoms with Gasteiger partial charge in [0, 0.05) is 6.42 Å². The first-order valence-electron chi connectivity index (χ1n) is 6.90. The average Bonchev–Trinajstić information content (AvgIpc) is 3.26. The van der Waals surface area contributed by atoms with E-state index < -0.39 is 6.10 Å². The fourth-order valence-electron chi connectivity index (χ4n) is 2.14. The van der Waals surface area contributed by atoms with E-state index in [2.05, 4.69) is 0 Å². The van der Waals surface area contributed by atoms with Crippen LogP contribution in [-0.4, -0.2) is 11.2 Å². The van der Waals surface area contributed by atoms with Crippen molar-refractivity contribution in [3.63, 3.8) is 0 Å². The van der Waals surface area contributed by atoms with Gasteiger partial charge in [-0.25, -0.2) is 4.39 Å². The quantitative estimate of drug-likeness (QED) is 0.900. The second kappa shape index (κ2) is 5.63. The molecule has 2 aromatic carbocycles. The number of aliphatic hydroxyl groups excluding tert-OH is 1. The Hall–Kier alpha value is -1.87. The van der Waals surface area contributed by atoms with Crippen LogP contribution in [0.25, 0.3) is 0 Å². The van der Waals surface area contributed by atoms with Crippen molar-refractivity contribution in [1.82, 2.24) is 0 Å². The number of ether oxygens (including phenoxy) is 1. The zero-order valence-corrected chi connectivity index (χ0v) is 11.1. The second-order valence-electron chi connectivity index (χ2n) is 5.20. The van der Waals surface area contributed by atoms with Gasteiger partial charge in [0.15, 0.2) is 0 Å². The van der Waals surface area contributed by atoms with E-state index in [1.807, 2.05) is 24.3 Å². The van der Waals surface area contributed by atoms with Gasteiger partial charge in [-0.1, -0.05) is 30.3 Å². The van der Waals surface area contributed by atoms with Crippen LogP contribution in [0.2, 0.25) is 0 Å². The van der Waals surface area contributed by atoms with Crippen molar-refractivity contribution in [2.75, 3.05) is 0 Å². The van der Waals surface area contributed by atoms with Gasteiger partial charge in [-0.15, -0.1) is 0 Å². The normalized spacial score (nSPS) is 15.9. The third kappa shape index (κ3) is 3.17. The van der Waals surface area contributed by atoms with Gasteiger partial charge < -0.3 is 9.84 Å². The van der Waals surface area contributed by atoms with Crippen LogP contribution in [0.1, 0.15) is 30.1 Å². The Bertz CT molecular complexity index is 576. The lowest BCUT2D eigenvalue weighted by Gasteiger charge is -2.12. The first-order chi connectivity index (χ1) is 9.72. The molecule has 2 aromatic rings. The van der Waals surface area contributed by atoms with Crippen molar-refractivity contribution in [3.8, 4) is 5.75 Å². The zero-order chi connectivity index (χ0) is 13.9. The maximum atomic E-state index is 13.5. The summed E-state index contributed by atoms with van der Waals surface area (Å²) in [6, 6.07) is 13.9. The first-order valence-corrected chi connectivity index (χ1v) is 6.90. The minimum atomic E-state index is -0.707. The SMILES string of the molecule is OC(Cc1ccccc1F)c1ccc(OC2CC2)cc1. The molecule has 1 aliphatic rings. The van der Waals surface area contributed by atoms with Crippen LogP contribution < -0.4 is 4.74 Å². The van der Waals surface area contributed by atoms with Crippen LogP contribution in [-0.2, 0) is 6.42 Å². The lowest BCUT2D eigenvalue weighted by Crippen LogP contribution is -2.04. The summed E-state index contributed by atoms with van der Waals surface area (Å²) in [6.07, 6.45) is 2.18. The summed E-state index contributed by atoms with van der Waals surface area (Å²) in [5, 5.41) is 10.2. The molecule has 1 saturated carbocycles. The van der Waals surface area contributed by atoms with Crippen molar-refractivity contribution in [2.45, 2.75) is 31.5 Å². The number of hydrogen-bond donors (Lipinski definition) is 1. The standard InChI is InChI=1S/C17H17FO2/c18-16-4-2-1-3-13(16)11-17(19)12-5-7-14(8-6-12)20-15-9-10-15/h1-8,15,17,19H,9-11H2. The van der Waals surface area contributed by atoms with Crippen LogP contribution in [0, 0.1) is 5.82 Å². The number of benzene rings is 2. The molecule has 1 aliphatic carbocycles. The van der Waals surface area contributed by atoms with Crippen LogP contribution >= 0.6 is 0 Å². The monoisotopic (exact) mass is 272 g/mol. The van der Waals surface area contributed by atoms with Gasteiger partial charge in [-0.2, -0.15) is 0 Å². The van der Waals surface area contributed by atoms with Gasteiger partial charge in [0.05, 0.1) is 12.2 Å². The summed E-state index contributed by atoms with van der Waals surface area (Å²) in [6.45, 7) is 0. The summed E-state index contributed by atoms with van der Waals surface area (Å²) in [4.78, 5) is 0. The largest absolute Gasteiger partial charge is 0.490 e. The minimum absolute atomic E-state index is 0.273. The van der Waals surface area contributed by atoms with Crippen molar-refractivity contribution >= 4 is 0 Å². The zero-order valence-electron chi connectivity index (χ0n) is 11.1. The van der Waals surface area contributed by atoms with E-state index >= 15 is 0 Å². The highest BCUT2D eigenvalue weighted by molar-refractivity contribution is 5.30. The van der Waals surface area contributed by atoms with E-state index in [1.54, 1.807) is 18.2 Å². The molecule has 1 unspecified atom stereocenters. The number of rotatable bonds is 5. The molecular weight excluding hydrogens is 255 g/mol. The Morgan fingerprint density at radius 3 is 2.45 bits per heavy atom. The van der Waals surface area contributed by atoms with Crippen LogP contribution in [0.15, 0.2) is 48.5 Å². The summed E-state index contributed by atoms with van der Waals surface area (Å²) in [7, 11) is 0. The fraction of sp³-hybridized carbons (Fsp3) is 0.294. The smallest absolute Gasteiger partial charge is 0.126 e. The van der Waals surface area contributed by atoms with E-state index in [9.17, 15) is 9.50 Å². The van der Waals surface area contributed by atoms with Gasteiger partial charge in [0.25, 0.3) is 0 Å². The van der Waals surface area contributed by atoms with Crippen molar-refractivity contribution in [2.24, 2.45) is 0 Å². The van der Waals surface area contributed by atoms with Gasteiger partial charge in [0.2, 0.25) is 0 Å². The summed E-state index contributed by atoms with van der Waals surface area (Å²) in [5.74, 6) is 0.551. The molecule has 0 amide bonds. The first kappa shape index (κ1) is 13.1. The van der Waals surface area contributed by atoms with Crippen LogP contribution in [0.3, 0.4) is 0 Å². The molecule has 0 radical (unpaired) electrons. The highest BCUT2D eigenvalue weighted by Gasteiger charge is 2.23. The molecule has 3 rings (SSSR count). The van der Waals surface area contributed by atoms with E-state index in [-0.39, 0.29) is 12.2 Å². The van der Waals surface area contributed by atoms with Crippen molar-refractivity contribution in [1.29, 1.82) is 0 Å². The Balaban J connectivity index is 1.67. The Kier molecular flexibility index (Phi) is 3.70. The summed E-state index contributed by atoms with van der Waals surface area (Å²) < 4.78 is 19.2. The second-order valence-corrected chi connectivity index (χ2v) is 5.20. The molecule has 0 saturated heterocycles. The Morgan fingerprint density at radius 2 is 1.80 bits per heavy atom. The van der Waals surface area contributed by atoms with E-state index in [0.717, 1.165) is 24.2 Å². The lowest BCUT2D eigenvalue weighted by atomic mass is 10.0. The topological polar surface area (TPSA) is 29.5 Å². The maximum Gasteiger partial charge on any atom is 0.126 e. The third-order valence-corrected chi connectivity index (χ3v) is 3.46. The van der Waals surface area contributed by atoms with E-state index in [0.29, 0.717) is 11.7 Å². The number of halogens is 1. The van der Waals surface area contributed by atoms with Gasteiger partial charge >= 0.3 is 0 Å². The molecule has 104 valence electrons. The molecule has 0 bridgehead atoms. The predicted molar refractivity (Wildman–Crippen MR) is 75.2 cm³/mol. The molecule has 0 aliphatic heterocycles. The fourth-order valence-corrected chi connectivity index (χ4v) is 2.14. The molecule has 3 heteroatoms. The van der Waals surface area contributed by atoms with Gasteiger partial charge in [-0.3, -0.25) is 0 Å². The average molecular weight is 272 g/mol. The van der Waals surface area contributed by atoms with Gasteiger partial charge in [-0.05, 0) is 42.2 Å². The molecule has 2 nitrogen and oxygen atoms in total. The summed E-state index contributed by atoms with van der Waals surface area (Å²) in [5.41, 5.74) is 1.30. The molecule has 1 atom stereocenters. The Labute approximate surface area is 117 Å². The highest BCUT2D eigenvalue weighted by Crippen LogP contribution is 2.28. The van der Waals surface area contributed by atoms with Gasteiger partial charge in [0.1, 0.15) is 11.6 Å². The van der Waals surface area contributed by atoms with Crippen LogP contribution in [0.4, 0.5) is 4.39 Å². The van der Waals surface area contributed by atoms with Crippen molar-refractivity contribution < 1.29 is 14.2 Å². The third-order valence-electron chi connectivity index (χ3n) is 3.46. The molecule has 20 heavy (non-hydrogen) atoms. The predicted octanol–water partition coefficient (Wildman–Crippen LogP) is 3.64. The molecule has 0 aromatic heterocycles. The molecular formula is C17H17FO2. The Morgan fingerprint density at radius 1 is 1.10 bits per heavy atom. The number of hydrogen-bond acceptors (Lipinski definition) is 2. The maximum absolute atomic E-state index is 13.5.